The second-order valence-corrected chi connectivity index (χ2v) is 8.67. The average Bonchev–Trinajstić information content (AvgIpc) is 3.43. The highest BCUT2D eigenvalue weighted by Crippen LogP contribution is 2.37. The lowest BCUT2D eigenvalue weighted by Gasteiger charge is -2.20. The van der Waals surface area contributed by atoms with Gasteiger partial charge in [0.1, 0.15) is 28.4 Å². The summed E-state index contributed by atoms with van der Waals surface area (Å²) in [6, 6.07) is 12.8. The van der Waals surface area contributed by atoms with E-state index < -0.39 is 28.5 Å². The van der Waals surface area contributed by atoms with Gasteiger partial charge in [0.25, 0.3) is 0 Å². The van der Waals surface area contributed by atoms with Crippen molar-refractivity contribution in [2.24, 2.45) is 0 Å². The molecule has 0 unspecified atom stereocenters. The number of benzene rings is 3. The number of anilines is 3. The highest BCUT2D eigenvalue weighted by molar-refractivity contribution is 6.36. The van der Waals surface area contributed by atoms with E-state index in [1.807, 2.05) is 6.07 Å². The number of nitrogens with one attached hydrogen (secondary N) is 3. The largest absolute Gasteiger partial charge is 0.373 e. The van der Waals surface area contributed by atoms with Crippen molar-refractivity contribution in [3.8, 4) is 6.07 Å². The van der Waals surface area contributed by atoms with Crippen molar-refractivity contribution in [2.75, 3.05) is 10.6 Å². The predicted octanol–water partition coefficient (Wildman–Crippen LogP) is 6.89. The lowest BCUT2D eigenvalue weighted by Crippen LogP contribution is -2.13. The summed E-state index contributed by atoms with van der Waals surface area (Å²) in [6.07, 6.45) is 2.89. The van der Waals surface area contributed by atoms with Crippen LogP contribution in [-0.2, 0) is 0 Å². The van der Waals surface area contributed by atoms with E-state index in [9.17, 15) is 18.4 Å². The molecule has 2 heterocycles. The first-order valence-corrected chi connectivity index (χ1v) is 11.4. The zero-order chi connectivity index (χ0) is 26.1. The lowest BCUT2D eigenvalue weighted by atomic mass is 10.0. The van der Waals surface area contributed by atoms with Crippen LogP contribution in [0.1, 0.15) is 22.9 Å². The van der Waals surface area contributed by atoms with E-state index in [1.54, 1.807) is 30.5 Å². The molecule has 0 bridgehead atoms. The van der Waals surface area contributed by atoms with E-state index in [-0.39, 0.29) is 22.0 Å². The van der Waals surface area contributed by atoms with Gasteiger partial charge in [-0.1, -0.05) is 40.5 Å². The summed E-state index contributed by atoms with van der Waals surface area (Å²) in [6.45, 7) is 0. The van der Waals surface area contributed by atoms with Gasteiger partial charge in [0.05, 0.1) is 33.5 Å². The average molecular weight is 540 g/mol. The van der Waals surface area contributed by atoms with Crippen LogP contribution in [0.2, 0.25) is 10.0 Å². The van der Waals surface area contributed by atoms with E-state index in [1.165, 1.54) is 24.4 Å². The van der Waals surface area contributed by atoms with Crippen LogP contribution in [0.15, 0.2) is 60.9 Å². The van der Waals surface area contributed by atoms with E-state index >= 15 is 0 Å². The zero-order valence-electron chi connectivity index (χ0n) is 18.5. The fourth-order valence-corrected chi connectivity index (χ4v) is 4.25. The number of rotatable bonds is 6. The number of hydrogen-bond acceptors (Lipinski definition) is 6. The van der Waals surface area contributed by atoms with Gasteiger partial charge < -0.3 is 10.6 Å². The Hall–Kier alpha value is -4.33. The molecule has 5 aromatic rings. The predicted molar refractivity (Wildman–Crippen MR) is 134 cm³/mol. The number of hydrogen-bond donors (Lipinski definition) is 3. The summed E-state index contributed by atoms with van der Waals surface area (Å²) >= 11 is 12.3. The molecule has 0 saturated carbocycles. The molecule has 3 aromatic carbocycles. The Labute approximate surface area is 217 Å². The summed E-state index contributed by atoms with van der Waals surface area (Å²) in [5, 5.41) is 26.2. The molecule has 0 aliphatic heterocycles. The molecule has 0 aliphatic carbocycles. The van der Waals surface area contributed by atoms with Crippen LogP contribution in [0.25, 0.3) is 10.9 Å². The molecular weight excluding hydrogens is 526 g/mol. The van der Waals surface area contributed by atoms with Crippen molar-refractivity contribution in [3.63, 3.8) is 0 Å². The van der Waals surface area contributed by atoms with Crippen LogP contribution >= 0.6 is 23.2 Å². The van der Waals surface area contributed by atoms with Gasteiger partial charge >= 0.3 is 0 Å². The molecule has 12 heteroatoms. The van der Waals surface area contributed by atoms with Crippen LogP contribution in [-0.4, -0.2) is 20.4 Å². The smallest absolute Gasteiger partial charge is 0.168 e. The number of fused-ring (bicyclic) bond motifs is 1. The fourth-order valence-electron chi connectivity index (χ4n) is 3.82. The van der Waals surface area contributed by atoms with Crippen LogP contribution in [0.3, 0.4) is 0 Å². The van der Waals surface area contributed by atoms with E-state index in [4.69, 9.17) is 23.2 Å². The third kappa shape index (κ3) is 4.74. The number of H-pyrrole nitrogens is 1. The standard InChI is InChI=1S/C25H14Cl2F3N7/c26-17-8-15(34-24(20-11-33-37-36-20)12-1-3-14(28)4-2-12)7-16-23(13(9-31)10-32-25(16)17)35-19-6-5-18(29)21(27)22(19)30/h1-8,10-11,24,34H,(H,32,35)(H,33,36,37)/t24-/m0/s1. The third-order valence-corrected chi connectivity index (χ3v) is 6.22. The van der Waals surface area contributed by atoms with Crippen molar-refractivity contribution in [3.05, 3.63) is 105 Å². The summed E-state index contributed by atoms with van der Waals surface area (Å²) in [4.78, 5) is 4.27. The maximum atomic E-state index is 14.7. The molecule has 37 heavy (non-hydrogen) atoms. The quantitative estimate of drug-likeness (QED) is 0.203. The minimum Gasteiger partial charge on any atom is -0.373 e. The number of aromatic amines is 1. The highest BCUT2D eigenvalue weighted by atomic mass is 35.5. The molecule has 3 N–H and O–H groups in total. The number of aromatic nitrogens is 4. The maximum Gasteiger partial charge on any atom is 0.168 e. The van der Waals surface area contributed by atoms with Crippen molar-refractivity contribution in [1.29, 1.82) is 5.26 Å². The highest BCUT2D eigenvalue weighted by Gasteiger charge is 2.20. The monoisotopic (exact) mass is 539 g/mol. The Morgan fingerprint density at radius 1 is 1.03 bits per heavy atom. The van der Waals surface area contributed by atoms with Crippen LogP contribution in [0.4, 0.5) is 30.2 Å². The Balaban J connectivity index is 1.63. The van der Waals surface area contributed by atoms with Crippen LogP contribution < -0.4 is 10.6 Å². The number of nitriles is 1. The van der Waals surface area contributed by atoms with Crippen molar-refractivity contribution in [1.82, 2.24) is 20.4 Å². The molecule has 7 nitrogen and oxygen atoms in total. The topological polar surface area (TPSA) is 102 Å². The summed E-state index contributed by atoms with van der Waals surface area (Å²) in [5.74, 6) is -2.33. The number of pyridine rings is 1. The molecule has 1 atom stereocenters. The fraction of sp³-hybridized carbons (Fsp3) is 0.0400. The maximum absolute atomic E-state index is 14.7. The van der Waals surface area contributed by atoms with Gasteiger partial charge in [0.15, 0.2) is 5.82 Å². The molecule has 0 aliphatic rings. The van der Waals surface area contributed by atoms with Gasteiger partial charge in [-0.15, -0.1) is 5.10 Å². The normalized spacial score (nSPS) is 11.8. The van der Waals surface area contributed by atoms with Gasteiger partial charge in [0.2, 0.25) is 0 Å². The summed E-state index contributed by atoms with van der Waals surface area (Å²) in [7, 11) is 0. The van der Waals surface area contributed by atoms with Gasteiger partial charge in [-0.25, -0.2) is 13.2 Å². The first kappa shape index (κ1) is 24.4. The zero-order valence-corrected chi connectivity index (χ0v) is 20.0. The van der Waals surface area contributed by atoms with Crippen LogP contribution in [0.5, 0.6) is 0 Å². The van der Waals surface area contributed by atoms with Crippen molar-refractivity contribution < 1.29 is 13.2 Å². The second kappa shape index (κ2) is 9.97. The molecule has 0 fully saturated rings. The van der Waals surface area contributed by atoms with E-state index in [2.05, 4.69) is 31.0 Å². The van der Waals surface area contributed by atoms with Crippen molar-refractivity contribution in [2.45, 2.75) is 6.04 Å². The van der Waals surface area contributed by atoms with Gasteiger partial charge in [0, 0.05) is 23.5 Å². The van der Waals surface area contributed by atoms with Crippen molar-refractivity contribution >= 4 is 51.2 Å². The molecule has 0 saturated heterocycles. The molecule has 2 aromatic heterocycles. The minimum absolute atomic E-state index is 0.0900. The van der Waals surface area contributed by atoms with E-state index in [0.29, 0.717) is 27.8 Å². The number of nitrogens with zero attached hydrogens (tertiary/aromatic N) is 4. The minimum atomic E-state index is -1.02. The molecule has 0 amide bonds. The van der Waals surface area contributed by atoms with Gasteiger partial charge in [-0.05, 0) is 42.0 Å². The van der Waals surface area contributed by atoms with E-state index in [0.717, 1.165) is 6.07 Å². The first-order valence-electron chi connectivity index (χ1n) is 10.7. The number of halogens is 5. The first-order chi connectivity index (χ1) is 17.9. The summed E-state index contributed by atoms with van der Waals surface area (Å²) in [5.41, 5.74) is 2.18. The van der Waals surface area contributed by atoms with Gasteiger partial charge in [-0.2, -0.15) is 5.26 Å². The summed E-state index contributed by atoms with van der Waals surface area (Å²) < 4.78 is 41.9. The molecule has 0 spiro atoms. The van der Waals surface area contributed by atoms with Gasteiger partial charge in [-0.3, -0.25) is 10.1 Å². The lowest BCUT2D eigenvalue weighted by molar-refractivity contribution is 0.587. The SMILES string of the molecule is N#Cc1cnc2c(Cl)cc(N[C@@H](c3ccc(F)cc3)c3c[nH]nn3)cc2c1Nc1ccc(F)c(Cl)c1F. The Bertz CT molecular complexity index is 1650. The molecule has 184 valence electrons. The molecular formula is C25H14Cl2F3N7. The Morgan fingerprint density at radius 2 is 1.81 bits per heavy atom. The molecule has 5 rings (SSSR count). The Morgan fingerprint density at radius 3 is 2.51 bits per heavy atom. The third-order valence-electron chi connectivity index (χ3n) is 5.59. The van der Waals surface area contributed by atoms with Crippen LogP contribution in [0, 0.1) is 28.8 Å². The molecule has 0 radical (unpaired) electrons. The Kier molecular flexibility index (Phi) is 6.56. The second-order valence-electron chi connectivity index (χ2n) is 7.89.